The van der Waals surface area contributed by atoms with Gasteiger partial charge < -0.3 is 10.2 Å². The molecule has 1 atom stereocenters. The Morgan fingerprint density at radius 2 is 1.59 bits per heavy atom. The molecule has 0 aromatic heterocycles. The van der Waals surface area contributed by atoms with Crippen LogP contribution in [0.2, 0.25) is 0 Å². The number of hydrogen-bond donors (Lipinski definition) is 2. The monoisotopic (exact) mass is 515 g/mol. The van der Waals surface area contributed by atoms with Crippen molar-refractivity contribution >= 4 is 15.9 Å². The molecule has 0 bridgehead atoms. The molecule has 37 heavy (non-hydrogen) atoms. The molecule has 2 N–H and O–H groups in total. The highest BCUT2D eigenvalue weighted by Gasteiger charge is 2.35. The van der Waals surface area contributed by atoms with Crippen LogP contribution in [0.4, 0.5) is 0 Å². The molecule has 0 unspecified atom stereocenters. The van der Waals surface area contributed by atoms with Crippen LogP contribution in [-0.2, 0) is 21.2 Å². The number of nitrogens with zero attached hydrogens (tertiary/aromatic N) is 1. The van der Waals surface area contributed by atoms with Gasteiger partial charge in [-0.15, -0.1) is 0 Å². The second-order valence-corrected chi connectivity index (χ2v) is 12.2. The highest BCUT2D eigenvalue weighted by Crippen LogP contribution is 2.37. The fourth-order valence-electron chi connectivity index (χ4n) is 6.21. The lowest BCUT2D eigenvalue weighted by Gasteiger charge is -2.40. The molecule has 1 amide bonds. The smallest absolute Gasteiger partial charge is 0.240 e. The van der Waals surface area contributed by atoms with Gasteiger partial charge in [-0.1, -0.05) is 60.7 Å². The number of nitrogens with one attached hydrogen (secondary N) is 2. The summed E-state index contributed by atoms with van der Waals surface area (Å²) < 4.78 is 29.4. The molecule has 0 radical (unpaired) electrons. The Bertz CT molecular complexity index is 1400. The zero-order chi connectivity index (χ0) is 25.4. The van der Waals surface area contributed by atoms with Gasteiger partial charge in [0.05, 0.1) is 10.9 Å². The lowest BCUT2D eigenvalue weighted by atomic mass is 9.85. The number of piperazine rings is 1. The average molecular weight is 516 g/mol. The number of rotatable bonds is 5. The summed E-state index contributed by atoms with van der Waals surface area (Å²) in [6, 6.07) is 23.8. The van der Waals surface area contributed by atoms with Crippen molar-refractivity contribution in [1.82, 2.24) is 14.9 Å². The minimum atomic E-state index is -3.63. The minimum Gasteiger partial charge on any atom is -0.333 e. The molecule has 1 aliphatic heterocycles. The largest absolute Gasteiger partial charge is 0.333 e. The van der Waals surface area contributed by atoms with Crippen molar-refractivity contribution in [2.75, 3.05) is 19.6 Å². The Balaban J connectivity index is 1.09. The van der Waals surface area contributed by atoms with E-state index in [9.17, 15) is 13.2 Å². The zero-order valence-electron chi connectivity index (χ0n) is 20.9. The first-order chi connectivity index (χ1) is 18.0. The van der Waals surface area contributed by atoms with Gasteiger partial charge >= 0.3 is 0 Å². The van der Waals surface area contributed by atoms with E-state index in [2.05, 4.69) is 34.3 Å². The quantitative estimate of drug-likeness (QED) is 0.416. The highest BCUT2D eigenvalue weighted by molar-refractivity contribution is 7.89. The number of hydrogen-bond acceptors (Lipinski definition) is 4. The Hall–Kier alpha value is -3.00. The average Bonchev–Trinajstić information content (AvgIpc) is 3.31. The van der Waals surface area contributed by atoms with Gasteiger partial charge in [0.1, 0.15) is 0 Å². The molecule has 3 aromatic rings. The van der Waals surface area contributed by atoms with Crippen LogP contribution >= 0.6 is 0 Å². The van der Waals surface area contributed by atoms with Crippen LogP contribution in [0.3, 0.4) is 0 Å². The van der Waals surface area contributed by atoms with Crippen LogP contribution < -0.4 is 10.0 Å². The Morgan fingerprint density at radius 3 is 2.41 bits per heavy atom. The molecule has 1 heterocycles. The molecule has 2 fully saturated rings. The molecular weight excluding hydrogens is 482 g/mol. The van der Waals surface area contributed by atoms with Gasteiger partial charge in [0.15, 0.2) is 0 Å². The van der Waals surface area contributed by atoms with E-state index in [1.807, 2.05) is 47.4 Å². The van der Waals surface area contributed by atoms with Gasteiger partial charge in [0, 0.05) is 31.6 Å². The van der Waals surface area contributed by atoms with Crippen LogP contribution in [0.15, 0.2) is 77.7 Å². The number of benzene rings is 3. The van der Waals surface area contributed by atoms with E-state index in [0.29, 0.717) is 37.1 Å². The summed E-state index contributed by atoms with van der Waals surface area (Å²) in [5, 5.41) is 3.42. The van der Waals surface area contributed by atoms with Crippen LogP contribution in [-0.4, -0.2) is 44.9 Å². The van der Waals surface area contributed by atoms with E-state index < -0.39 is 10.0 Å². The Labute approximate surface area is 219 Å². The second kappa shape index (κ2) is 10.0. The molecule has 6 nitrogen and oxygen atoms in total. The Kier molecular flexibility index (Phi) is 6.61. The lowest BCUT2D eigenvalue weighted by Crippen LogP contribution is -2.51. The number of carbonyl (C=O) groups excluding carboxylic acids is 1. The first kappa shape index (κ1) is 24.3. The Morgan fingerprint density at radius 1 is 0.865 bits per heavy atom. The van der Waals surface area contributed by atoms with Crippen molar-refractivity contribution in [2.45, 2.75) is 49.1 Å². The normalized spacial score (nSPS) is 23.4. The van der Waals surface area contributed by atoms with E-state index in [4.69, 9.17) is 0 Å². The summed E-state index contributed by atoms with van der Waals surface area (Å²) in [5.74, 6) is 0.151. The highest BCUT2D eigenvalue weighted by atomic mass is 32.2. The fourth-order valence-corrected chi connectivity index (χ4v) is 7.57. The van der Waals surface area contributed by atoms with Crippen molar-refractivity contribution < 1.29 is 13.2 Å². The summed E-state index contributed by atoms with van der Waals surface area (Å²) in [4.78, 5) is 15.9. The van der Waals surface area contributed by atoms with E-state index >= 15 is 0 Å². The van der Waals surface area contributed by atoms with E-state index in [0.717, 1.165) is 36.2 Å². The molecule has 6 rings (SSSR count). The molecule has 2 aliphatic carbocycles. The summed E-state index contributed by atoms with van der Waals surface area (Å²) >= 11 is 0. The van der Waals surface area contributed by atoms with Crippen LogP contribution in [0.1, 0.15) is 48.4 Å². The molecule has 3 aliphatic rings. The van der Waals surface area contributed by atoms with E-state index in [1.165, 1.54) is 11.1 Å². The second-order valence-electron chi connectivity index (χ2n) is 10.5. The number of amides is 1. The van der Waals surface area contributed by atoms with Gasteiger partial charge in [-0.25, -0.2) is 13.1 Å². The van der Waals surface area contributed by atoms with E-state index in [1.54, 1.807) is 6.07 Å². The first-order valence-electron chi connectivity index (χ1n) is 13.3. The molecular formula is C30H33N3O3S. The molecule has 192 valence electrons. The van der Waals surface area contributed by atoms with Gasteiger partial charge in [-0.3, -0.25) is 4.79 Å². The predicted molar refractivity (Wildman–Crippen MR) is 145 cm³/mol. The summed E-state index contributed by atoms with van der Waals surface area (Å²) in [7, 11) is -3.63. The third-order valence-electron chi connectivity index (χ3n) is 8.18. The van der Waals surface area contributed by atoms with Gasteiger partial charge in [0.2, 0.25) is 15.9 Å². The van der Waals surface area contributed by atoms with Gasteiger partial charge in [0.25, 0.3) is 0 Å². The zero-order valence-corrected chi connectivity index (χ0v) is 21.7. The molecule has 1 saturated carbocycles. The van der Waals surface area contributed by atoms with Crippen molar-refractivity contribution in [2.24, 2.45) is 5.92 Å². The third kappa shape index (κ3) is 4.83. The maximum atomic E-state index is 13.5. The topological polar surface area (TPSA) is 78.5 Å². The van der Waals surface area contributed by atoms with Crippen molar-refractivity contribution in [3.8, 4) is 11.1 Å². The standard InChI is InChI=1S/C30H33N3O3S/c34-30(33-17-16-31-20-29(33)21-6-2-1-3-7-21)22-10-12-25(13-11-22)32-37(35,36)26-14-15-28-24(19-26)18-23-8-4-5-9-27(23)28/h1-9,14-15,19,22,25,29,31-32H,10-13,16-18,20H2/t22-,25-,29-/m1/s1. The molecule has 0 spiro atoms. The fraction of sp³-hybridized carbons (Fsp3) is 0.367. The molecule has 3 aromatic carbocycles. The van der Waals surface area contributed by atoms with Crippen molar-refractivity contribution in [3.05, 3.63) is 89.5 Å². The summed E-state index contributed by atoms with van der Waals surface area (Å²) in [6.45, 7) is 2.26. The summed E-state index contributed by atoms with van der Waals surface area (Å²) in [5.41, 5.74) is 5.76. The molecule has 1 saturated heterocycles. The number of sulfonamides is 1. The van der Waals surface area contributed by atoms with Crippen LogP contribution in [0, 0.1) is 5.92 Å². The van der Waals surface area contributed by atoms with Gasteiger partial charge in [-0.2, -0.15) is 0 Å². The summed E-state index contributed by atoms with van der Waals surface area (Å²) in [6.07, 6.45) is 3.52. The first-order valence-corrected chi connectivity index (χ1v) is 14.8. The predicted octanol–water partition coefficient (Wildman–Crippen LogP) is 4.27. The van der Waals surface area contributed by atoms with Crippen molar-refractivity contribution in [1.29, 1.82) is 0 Å². The molecule has 7 heteroatoms. The maximum absolute atomic E-state index is 13.5. The van der Waals surface area contributed by atoms with Crippen LogP contribution in [0.25, 0.3) is 11.1 Å². The lowest BCUT2D eigenvalue weighted by molar-refractivity contribution is -0.140. The van der Waals surface area contributed by atoms with Crippen molar-refractivity contribution in [3.63, 3.8) is 0 Å². The van der Waals surface area contributed by atoms with Crippen LogP contribution in [0.5, 0.6) is 0 Å². The third-order valence-corrected chi connectivity index (χ3v) is 9.70. The number of carbonyl (C=O) groups is 1. The minimum absolute atomic E-state index is 0.0459. The van der Waals surface area contributed by atoms with E-state index in [-0.39, 0.29) is 23.9 Å². The van der Waals surface area contributed by atoms with Gasteiger partial charge in [-0.05, 0) is 72.1 Å². The maximum Gasteiger partial charge on any atom is 0.240 e. The number of fused-ring (bicyclic) bond motifs is 3. The SMILES string of the molecule is O=C([C@H]1CC[C@H](NS(=O)(=O)c2ccc3c(c2)Cc2ccccc2-3)CC1)N1CCNC[C@@H]1c1ccccc1.